The number of hydrogen-bond donors (Lipinski definition) is 1. The van der Waals surface area contributed by atoms with Crippen LogP contribution in [0.5, 0.6) is 0 Å². The third kappa shape index (κ3) is 3.01. The molecule has 0 bridgehead atoms. The Balaban J connectivity index is 2.17. The normalized spacial score (nSPS) is 19.1. The van der Waals surface area contributed by atoms with Gasteiger partial charge in [0.25, 0.3) is 0 Å². The molecule has 1 aliphatic carbocycles. The molecule has 1 aromatic heterocycles. The van der Waals surface area contributed by atoms with Gasteiger partial charge in [-0.1, -0.05) is 19.3 Å². The van der Waals surface area contributed by atoms with Crippen LogP contribution in [0, 0.1) is 0 Å². The van der Waals surface area contributed by atoms with Gasteiger partial charge in [0.2, 0.25) is 5.13 Å². The zero-order chi connectivity index (χ0) is 13.0. The summed E-state index contributed by atoms with van der Waals surface area (Å²) in [5, 5.41) is 4.22. The molecule has 0 radical (unpaired) electrons. The summed E-state index contributed by atoms with van der Waals surface area (Å²) >= 11 is 1.44. The van der Waals surface area contributed by atoms with Crippen LogP contribution >= 0.6 is 11.5 Å². The molecule has 4 nitrogen and oxygen atoms in total. The Morgan fingerprint density at radius 3 is 2.67 bits per heavy atom. The Labute approximate surface area is 113 Å². The quantitative estimate of drug-likeness (QED) is 0.888. The number of ether oxygens (including phenoxy) is 1. The van der Waals surface area contributed by atoms with Crippen LogP contribution in [0.2, 0.25) is 0 Å². The molecule has 1 saturated carbocycles. The summed E-state index contributed by atoms with van der Waals surface area (Å²) in [7, 11) is 0. The Morgan fingerprint density at radius 1 is 1.33 bits per heavy atom. The van der Waals surface area contributed by atoms with Gasteiger partial charge in [0.05, 0.1) is 0 Å². The predicted octanol–water partition coefficient (Wildman–Crippen LogP) is 3.55. The first-order valence-electron chi connectivity index (χ1n) is 6.91. The van der Waals surface area contributed by atoms with Crippen molar-refractivity contribution in [2.45, 2.75) is 64.5 Å². The van der Waals surface area contributed by atoms with E-state index >= 15 is 0 Å². The highest BCUT2D eigenvalue weighted by Gasteiger charge is 2.38. The molecule has 0 atom stereocenters. The molecule has 1 fully saturated rings. The molecule has 1 heterocycles. The van der Waals surface area contributed by atoms with Crippen molar-refractivity contribution >= 4 is 16.7 Å². The molecule has 1 aliphatic rings. The molecule has 0 amide bonds. The molecule has 18 heavy (non-hydrogen) atoms. The third-order valence-corrected chi connectivity index (χ3v) is 3.97. The predicted molar refractivity (Wildman–Crippen MR) is 75.1 cm³/mol. The van der Waals surface area contributed by atoms with Crippen molar-refractivity contribution < 1.29 is 4.74 Å². The summed E-state index contributed by atoms with van der Waals surface area (Å²) in [6.07, 6.45) is 5.84. The third-order valence-electron chi connectivity index (χ3n) is 3.33. The van der Waals surface area contributed by atoms with E-state index < -0.39 is 0 Å². The van der Waals surface area contributed by atoms with Crippen LogP contribution in [-0.2, 0) is 10.3 Å². The molecule has 0 saturated heterocycles. The summed E-state index contributed by atoms with van der Waals surface area (Å²) in [5.74, 6) is 0.886. The molecule has 0 aliphatic heterocycles. The molecule has 102 valence electrons. The van der Waals surface area contributed by atoms with Crippen LogP contribution in [0.3, 0.4) is 0 Å². The average Bonchev–Trinajstić information content (AvgIpc) is 2.79. The molecular weight excluding hydrogens is 246 g/mol. The lowest BCUT2D eigenvalue weighted by atomic mass is 9.84. The van der Waals surface area contributed by atoms with Crippen molar-refractivity contribution in [2.24, 2.45) is 0 Å². The summed E-state index contributed by atoms with van der Waals surface area (Å²) < 4.78 is 10.6. The van der Waals surface area contributed by atoms with Crippen molar-refractivity contribution in [2.75, 3.05) is 11.9 Å². The zero-order valence-corrected chi connectivity index (χ0v) is 12.3. The van der Waals surface area contributed by atoms with Crippen LogP contribution in [0.1, 0.15) is 58.7 Å². The van der Waals surface area contributed by atoms with Crippen molar-refractivity contribution in [3.8, 4) is 0 Å². The minimum absolute atomic E-state index is 0.222. The van der Waals surface area contributed by atoms with Crippen LogP contribution < -0.4 is 5.32 Å². The maximum absolute atomic E-state index is 6.03. The fourth-order valence-electron chi connectivity index (χ4n) is 2.55. The first kappa shape index (κ1) is 13.7. The van der Waals surface area contributed by atoms with Crippen molar-refractivity contribution in [3.63, 3.8) is 0 Å². The average molecular weight is 269 g/mol. The smallest absolute Gasteiger partial charge is 0.202 e. The molecule has 0 unspecified atom stereocenters. The highest BCUT2D eigenvalue weighted by molar-refractivity contribution is 7.09. The summed E-state index contributed by atoms with van der Waals surface area (Å²) in [5.41, 5.74) is -0.222. The second-order valence-corrected chi connectivity index (χ2v) is 5.96. The van der Waals surface area contributed by atoms with Gasteiger partial charge in [0.15, 0.2) is 5.82 Å². The van der Waals surface area contributed by atoms with Gasteiger partial charge in [0.1, 0.15) is 5.60 Å². The first-order valence-corrected chi connectivity index (χ1v) is 7.68. The Morgan fingerprint density at radius 2 is 2.06 bits per heavy atom. The van der Waals surface area contributed by atoms with E-state index in [1.54, 1.807) is 0 Å². The second kappa shape index (κ2) is 5.97. The van der Waals surface area contributed by atoms with E-state index in [1.807, 2.05) is 0 Å². The number of nitrogens with zero attached hydrogens (tertiary/aromatic N) is 2. The van der Waals surface area contributed by atoms with E-state index in [1.165, 1.54) is 30.8 Å². The monoisotopic (exact) mass is 269 g/mol. The minimum atomic E-state index is -0.222. The van der Waals surface area contributed by atoms with Crippen LogP contribution in [0.25, 0.3) is 0 Å². The molecular formula is C13H23N3OS. The zero-order valence-electron chi connectivity index (χ0n) is 11.5. The molecule has 1 N–H and O–H groups in total. The van der Waals surface area contributed by atoms with Gasteiger partial charge in [-0.25, -0.2) is 4.98 Å². The van der Waals surface area contributed by atoms with E-state index in [0.29, 0.717) is 6.04 Å². The molecule has 0 spiro atoms. The fraction of sp³-hybridized carbons (Fsp3) is 0.846. The number of anilines is 1. The highest BCUT2D eigenvalue weighted by Crippen LogP contribution is 2.40. The lowest BCUT2D eigenvalue weighted by Crippen LogP contribution is -2.33. The van der Waals surface area contributed by atoms with E-state index in [2.05, 4.69) is 35.4 Å². The Bertz CT molecular complexity index is 367. The largest absolute Gasteiger partial charge is 0.367 e. The first-order chi connectivity index (χ1) is 8.66. The standard InChI is InChI=1S/C13H23N3OS/c1-4-17-13(8-6-5-7-9-13)11-15-12(18-16-11)14-10(2)3/h10H,4-9H2,1-3H3,(H,14,15,16). The molecule has 1 aromatic rings. The van der Waals surface area contributed by atoms with E-state index in [-0.39, 0.29) is 5.60 Å². The van der Waals surface area contributed by atoms with Crippen LogP contribution in [-0.4, -0.2) is 22.0 Å². The molecule has 5 heteroatoms. The second-order valence-electron chi connectivity index (χ2n) is 5.21. The number of aromatic nitrogens is 2. The summed E-state index contributed by atoms with van der Waals surface area (Å²) in [4.78, 5) is 4.64. The van der Waals surface area contributed by atoms with Gasteiger partial charge >= 0.3 is 0 Å². The van der Waals surface area contributed by atoms with E-state index in [4.69, 9.17) is 4.74 Å². The van der Waals surface area contributed by atoms with Gasteiger partial charge in [-0.3, -0.25) is 0 Å². The molecule has 2 rings (SSSR count). The Kier molecular flexibility index (Phi) is 4.56. The summed E-state index contributed by atoms with van der Waals surface area (Å²) in [6, 6.07) is 0.389. The topological polar surface area (TPSA) is 47.0 Å². The maximum Gasteiger partial charge on any atom is 0.202 e. The minimum Gasteiger partial charge on any atom is -0.367 e. The van der Waals surface area contributed by atoms with E-state index in [0.717, 1.165) is 30.4 Å². The number of rotatable bonds is 5. The lowest BCUT2D eigenvalue weighted by molar-refractivity contribution is -0.0758. The fourth-order valence-corrected chi connectivity index (χ4v) is 3.34. The SMILES string of the molecule is CCOC1(c2nsc(NC(C)C)n2)CCCCC1. The number of hydrogen-bond acceptors (Lipinski definition) is 5. The van der Waals surface area contributed by atoms with Gasteiger partial charge in [-0.05, 0) is 33.6 Å². The van der Waals surface area contributed by atoms with E-state index in [9.17, 15) is 0 Å². The Hall–Kier alpha value is -0.680. The van der Waals surface area contributed by atoms with Crippen molar-refractivity contribution in [3.05, 3.63) is 5.82 Å². The van der Waals surface area contributed by atoms with Crippen molar-refractivity contribution in [1.82, 2.24) is 9.36 Å². The lowest BCUT2D eigenvalue weighted by Gasteiger charge is -2.34. The van der Waals surface area contributed by atoms with Gasteiger partial charge < -0.3 is 10.1 Å². The van der Waals surface area contributed by atoms with Gasteiger partial charge in [-0.2, -0.15) is 4.37 Å². The van der Waals surface area contributed by atoms with Crippen LogP contribution in [0.4, 0.5) is 5.13 Å². The molecule has 0 aromatic carbocycles. The summed E-state index contributed by atoms with van der Waals surface area (Å²) in [6.45, 7) is 7.00. The maximum atomic E-state index is 6.03. The van der Waals surface area contributed by atoms with Crippen molar-refractivity contribution in [1.29, 1.82) is 0 Å². The van der Waals surface area contributed by atoms with Crippen LogP contribution in [0.15, 0.2) is 0 Å². The van der Waals surface area contributed by atoms with Gasteiger partial charge in [-0.15, -0.1) is 0 Å². The highest BCUT2D eigenvalue weighted by atomic mass is 32.1. The number of nitrogens with one attached hydrogen (secondary N) is 1. The van der Waals surface area contributed by atoms with Gasteiger partial charge in [0, 0.05) is 24.2 Å².